The number of rotatable bonds is 4. The number of hydrogen-bond donors (Lipinski definition) is 1. The maximum atomic E-state index is 6.13. The van der Waals surface area contributed by atoms with E-state index in [0.717, 1.165) is 36.6 Å². The topological polar surface area (TPSA) is 43.8 Å². The van der Waals surface area contributed by atoms with E-state index in [9.17, 15) is 0 Å². The van der Waals surface area contributed by atoms with E-state index < -0.39 is 0 Å². The highest BCUT2D eigenvalue weighted by molar-refractivity contribution is 5.40. The molecule has 0 saturated carbocycles. The molecule has 1 aromatic rings. The van der Waals surface area contributed by atoms with Crippen molar-refractivity contribution in [3.8, 4) is 12.3 Å². The molecule has 0 saturated heterocycles. The second kappa shape index (κ2) is 5.27. The van der Waals surface area contributed by atoms with Crippen LogP contribution in [-0.2, 0) is 18.4 Å². The highest BCUT2D eigenvalue weighted by atomic mass is 15.1. The van der Waals surface area contributed by atoms with Crippen LogP contribution in [0.4, 0.5) is 5.82 Å². The first-order valence-corrected chi connectivity index (χ1v) is 6.20. The van der Waals surface area contributed by atoms with Crippen molar-refractivity contribution in [3.05, 3.63) is 11.5 Å². The standard InChI is InChI=1S/C14H23N3/c1-6-8-9-11-12(15)17(10-7-2)13(16-11)14(3,4)5/h2H,6,8-10,15H2,1,3-5H3. The van der Waals surface area contributed by atoms with Gasteiger partial charge in [-0.2, -0.15) is 0 Å². The summed E-state index contributed by atoms with van der Waals surface area (Å²) in [7, 11) is 0. The molecule has 3 nitrogen and oxygen atoms in total. The molecular weight excluding hydrogens is 210 g/mol. The zero-order chi connectivity index (χ0) is 13.1. The Morgan fingerprint density at radius 3 is 2.53 bits per heavy atom. The van der Waals surface area contributed by atoms with Gasteiger partial charge < -0.3 is 10.3 Å². The van der Waals surface area contributed by atoms with Crippen molar-refractivity contribution in [3.63, 3.8) is 0 Å². The van der Waals surface area contributed by atoms with Gasteiger partial charge in [-0.3, -0.25) is 0 Å². The van der Waals surface area contributed by atoms with E-state index in [1.807, 2.05) is 4.57 Å². The quantitative estimate of drug-likeness (QED) is 0.813. The van der Waals surface area contributed by atoms with Gasteiger partial charge in [-0.15, -0.1) is 6.42 Å². The fraction of sp³-hybridized carbons (Fsp3) is 0.643. The van der Waals surface area contributed by atoms with E-state index in [0.29, 0.717) is 6.54 Å². The van der Waals surface area contributed by atoms with E-state index in [1.165, 1.54) is 0 Å². The van der Waals surface area contributed by atoms with Gasteiger partial charge in [0.1, 0.15) is 11.6 Å². The normalized spacial score (nSPS) is 11.5. The number of terminal acetylenes is 1. The maximum absolute atomic E-state index is 6.13. The molecule has 0 radical (unpaired) electrons. The first kappa shape index (κ1) is 13.6. The molecule has 0 bridgehead atoms. The van der Waals surface area contributed by atoms with Crippen molar-refractivity contribution in [1.82, 2.24) is 9.55 Å². The molecule has 1 rings (SSSR count). The molecule has 1 aromatic heterocycles. The molecule has 17 heavy (non-hydrogen) atoms. The van der Waals surface area contributed by atoms with Crippen LogP contribution in [-0.4, -0.2) is 9.55 Å². The zero-order valence-corrected chi connectivity index (χ0v) is 11.4. The summed E-state index contributed by atoms with van der Waals surface area (Å²) in [5.41, 5.74) is 7.09. The Balaban J connectivity index is 3.16. The van der Waals surface area contributed by atoms with Crippen LogP contribution in [0.15, 0.2) is 0 Å². The van der Waals surface area contributed by atoms with E-state index in [1.54, 1.807) is 0 Å². The SMILES string of the molecule is C#CCn1c(C(C)(C)C)nc(CCCC)c1N. The Morgan fingerprint density at radius 2 is 2.06 bits per heavy atom. The second-order valence-electron chi connectivity index (χ2n) is 5.41. The van der Waals surface area contributed by atoms with Crippen LogP contribution in [0.3, 0.4) is 0 Å². The smallest absolute Gasteiger partial charge is 0.127 e. The van der Waals surface area contributed by atoms with Crippen molar-refractivity contribution in [2.24, 2.45) is 0 Å². The molecule has 0 aliphatic heterocycles. The average molecular weight is 233 g/mol. The van der Waals surface area contributed by atoms with E-state index >= 15 is 0 Å². The van der Waals surface area contributed by atoms with Crippen molar-refractivity contribution >= 4 is 5.82 Å². The zero-order valence-electron chi connectivity index (χ0n) is 11.4. The minimum Gasteiger partial charge on any atom is -0.384 e. The van der Waals surface area contributed by atoms with Gasteiger partial charge in [-0.1, -0.05) is 40.0 Å². The van der Waals surface area contributed by atoms with Crippen molar-refractivity contribution in [2.75, 3.05) is 5.73 Å². The largest absolute Gasteiger partial charge is 0.384 e. The fourth-order valence-corrected chi connectivity index (χ4v) is 1.87. The average Bonchev–Trinajstić information content (AvgIpc) is 2.54. The number of nitrogens with zero attached hydrogens (tertiary/aromatic N) is 2. The summed E-state index contributed by atoms with van der Waals surface area (Å²) >= 11 is 0. The number of hydrogen-bond acceptors (Lipinski definition) is 2. The molecule has 0 spiro atoms. The van der Waals surface area contributed by atoms with Gasteiger partial charge in [0, 0.05) is 5.41 Å². The van der Waals surface area contributed by atoms with Crippen LogP contribution in [0.1, 0.15) is 52.1 Å². The third-order valence-electron chi connectivity index (χ3n) is 2.77. The molecule has 0 fully saturated rings. The predicted octanol–water partition coefficient (Wildman–Crippen LogP) is 2.74. The maximum Gasteiger partial charge on any atom is 0.127 e. The van der Waals surface area contributed by atoms with Gasteiger partial charge in [0.2, 0.25) is 0 Å². The molecule has 0 aliphatic carbocycles. The first-order valence-electron chi connectivity index (χ1n) is 6.20. The van der Waals surface area contributed by atoms with Gasteiger partial charge >= 0.3 is 0 Å². The fourth-order valence-electron chi connectivity index (χ4n) is 1.87. The van der Waals surface area contributed by atoms with Crippen LogP contribution in [0, 0.1) is 12.3 Å². The number of aryl methyl sites for hydroxylation is 1. The number of unbranched alkanes of at least 4 members (excludes halogenated alkanes) is 1. The molecule has 0 atom stereocenters. The Kier molecular flexibility index (Phi) is 4.22. The van der Waals surface area contributed by atoms with Gasteiger partial charge in [-0.05, 0) is 12.8 Å². The Hall–Kier alpha value is -1.43. The number of imidazole rings is 1. The van der Waals surface area contributed by atoms with Crippen LogP contribution in [0.2, 0.25) is 0 Å². The Bertz CT molecular complexity index is 416. The van der Waals surface area contributed by atoms with E-state index in [4.69, 9.17) is 12.2 Å². The lowest BCUT2D eigenvalue weighted by Gasteiger charge is -2.19. The summed E-state index contributed by atoms with van der Waals surface area (Å²) in [6.45, 7) is 9.05. The molecule has 0 aromatic carbocycles. The van der Waals surface area contributed by atoms with Crippen molar-refractivity contribution < 1.29 is 0 Å². The molecule has 3 heteroatoms. The third kappa shape index (κ3) is 3.03. The van der Waals surface area contributed by atoms with Crippen molar-refractivity contribution in [1.29, 1.82) is 0 Å². The van der Waals surface area contributed by atoms with Crippen LogP contribution >= 0.6 is 0 Å². The molecule has 0 amide bonds. The number of aromatic nitrogens is 2. The summed E-state index contributed by atoms with van der Waals surface area (Å²) in [6.07, 6.45) is 8.59. The summed E-state index contributed by atoms with van der Waals surface area (Å²) in [4.78, 5) is 4.68. The monoisotopic (exact) mass is 233 g/mol. The Labute approximate surface area is 104 Å². The van der Waals surface area contributed by atoms with Gasteiger partial charge in [-0.25, -0.2) is 4.98 Å². The summed E-state index contributed by atoms with van der Waals surface area (Å²) in [6, 6.07) is 0. The predicted molar refractivity (Wildman–Crippen MR) is 72.8 cm³/mol. The van der Waals surface area contributed by atoms with Gasteiger partial charge in [0.05, 0.1) is 12.2 Å². The van der Waals surface area contributed by atoms with Crippen LogP contribution in [0.25, 0.3) is 0 Å². The molecule has 1 heterocycles. The third-order valence-corrected chi connectivity index (χ3v) is 2.77. The molecule has 2 N–H and O–H groups in total. The lowest BCUT2D eigenvalue weighted by atomic mass is 9.95. The van der Waals surface area contributed by atoms with E-state index in [-0.39, 0.29) is 5.41 Å². The molecular formula is C14H23N3. The lowest BCUT2D eigenvalue weighted by molar-refractivity contribution is 0.516. The summed E-state index contributed by atoms with van der Waals surface area (Å²) in [5, 5.41) is 0. The number of nitrogens with two attached hydrogens (primary N) is 1. The minimum atomic E-state index is -0.0323. The van der Waals surface area contributed by atoms with E-state index in [2.05, 4.69) is 38.6 Å². The molecule has 0 aliphatic rings. The lowest BCUT2D eigenvalue weighted by Crippen LogP contribution is -2.19. The Morgan fingerprint density at radius 1 is 1.41 bits per heavy atom. The highest BCUT2D eigenvalue weighted by Gasteiger charge is 2.24. The first-order chi connectivity index (χ1) is 7.91. The van der Waals surface area contributed by atoms with Gasteiger partial charge in [0.15, 0.2) is 0 Å². The molecule has 94 valence electrons. The van der Waals surface area contributed by atoms with Crippen LogP contribution in [0.5, 0.6) is 0 Å². The number of nitrogen functional groups attached to an aromatic ring is 1. The van der Waals surface area contributed by atoms with Gasteiger partial charge in [0.25, 0.3) is 0 Å². The van der Waals surface area contributed by atoms with Crippen LogP contribution < -0.4 is 5.73 Å². The second-order valence-corrected chi connectivity index (χ2v) is 5.41. The number of anilines is 1. The minimum absolute atomic E-state index is 0.0323. The van der Waals surface area contributed by atoms with Crippen molar-refractivity contribution in [2.45, 2.75) is 58.9 Å². The highest BCUT2D eigenvalue weighted by Crippen LogP contribution is 2.26. The summed E-state index contributed by atoms with van der Waals surface area (Å²) in [5.74, 6) is 4.37. The summed E-state index contributed by atoms with van der Waals surface area (Å²) < 4.78 is 1.96. The molecule has 0 unspecified atom stereocenters.